The summed E-state index contributed by atoms with van der Waals surface area (Å²) in [6, 6.07) is 0. The molecule has 0 amide bonds. The van der Waals surface area contributed by atoms with Gasteiger partial charge in [0.1, 0.15) is 5.54 Å². The molecule has 1 fully saturated rings. The number of thioether (sulfide) groups is 1. The minimum Gasteiger partial charge on any atom is -0.480 e. The molecule has 1 rings (SSSR count). The number of hydrogen-bond donors (Lipinski definition) is 2. The van der Waals surface area contributed by atoms with Crippen molar-refractivity contribution in [3.8, 4) is 0 Å². The molecule has 1 saturated heterocycles. The molecule has 0 bridgehead atoms. The summed E-state index contributed by atoms with van der Waals surface area (Å²) in [7, 11) is 1.71. The standard InChI is InChI=1S/C12H23NO3S/c1-12(13-2,11(14)15)6-3-9-17-10-4-7-16-8-5-10/h10,13H,3-9H2,1-2H3,(H,14,15). The summed E-state index contributed by atoms with van der Waals surface area (Å²) in [6.45, 7) is 3.50. The quantitative estimate of drug-likeness (QED) is 0.684. The average Bonchev–Trinajstić information content (AvgIpc) is 2.35. The minimum atomic E-state index is -0.782. The lowest BCUT2D eigenvalue weighted by Crippen LogP contribution is -2.47. The van der Waals surface area contributed by atoms with Crippen LogP contribution in [0.5, 0.6) is 0 Å². The molecular formula is C12H23NO3S. The number of carboxylic acid groups (broad SMARTS) is 1. The molecule has 1 unspecified atom stereocenters. The molecule has 0 aromatic heterocycles. The Morgan fingerprint density at radius 3 is 2.71 bits per heavy atom. The van der Waals surface area contributed by atoms with E-state index in [0.29, 0.717) is 11.7 Å². The van der Waals surface area contributed by atoms with Crippen LogP contribution in [0.2, 0.25) is 0 Å². The molecule has 100 valence electrons. The summed E-state index contributed by atoms with van der Waals surface area (Å²) in [6.07, 6.45) is 3.88. The Labute approximate surface area is 107 Å². The van der Waals surface area contributed by atoms with Crippen LogP contribution in [0.15, 0.2) is 0 Å². The fourth-order valence-electron chi connectivity index (χ4n) is 1.86. The number of carbonyl (C=O) groups is 1. The van der Waals surface area contributed by atoms with Crippen molar-refractivity contribution in [3.05, 3.63) is 0 Å². The second kappa shape index (κ2) is 7.24. The average molecular weight is 261 g/mol. The molecule has 0 radical (unpaired) electrons. The maximum atomic E-state index is 11.1. The molecule has 5 heteroatoms. The molecule has 1 aliphatic heterocycles. The highest BCUT2D eigenvalue weighted by atomic mass is 32.2. The van der Waals surface area contributed by atoms with E-state index in [4.69, 9.17) is 9.84 Å². The second-order valence-corrected chi connectivity index (χ2v) is 6.08. The summed E-state index contributed by atoms with van der Waals surface area (Å²) in [5.74, 6) is 0.269. The Kier molecular flexibility index (Phi) is 6.30. The van der Waals surface area contributed by atoms with E-state index in [2.05, 4.69) is 5.32 Å². The highest BCUT2D eigenvalue weighted by Gasteiger charge is 2.30. The van der Waals surface area contributed by atoms with Crippen molar-refractivity contribution >= 4 is 17.7 Å². The molecule has 4 nitrogen and oxygen atoms in total. The molecule has 0 aromatic carbocycles. The van der Waals surface area contributed by atoms with Crippen molar-refractivity contribution < 1.29 is 14.6 Å². The van der Waals surface area contributed by atoms with Gasteiger partial charge >= 0.3 is 5.97 Å². The van der Waals surface area contributed by atoms with Crippen molar-refractivity contribution in [1.82, 2.24) is 5.32 Å². The molecule has 1 aliphatic rings. The van der Waals surface area contributed by atoms with Gasteiger partial charge in [0.2, 0.25) is 0 Å². The topological polar surface area (TPSA) is 58.6 Å². The van der Waals surface area contributed by atoms with Crippen molar-refractivity contribution in [2.45, 2.75) is 43.4 Å². The lowest BCUT2D eigenvalue weighted by Gasteiger charge is -2.25. The van der Waals surface area contributed by atoms with Gasteiger partial charge in [-0.15, -0.1) is 0 Å². The summed E-state index contributed by atoms with van der Waals surface area (Å²) in [5.41, 5.74) is -0.782. The van der Waals surface area contributed by atoms with E-state index in [9.17, 15) is 4.79 Å². The molecule has 0 aromatic rings. The van der Waals surface area contributed by atoms with Crippen molar-refractivity contribution in [2.75, 3.05) is 26.0 Å². The highest BCUT2D eigenvalue weighted by Crippen LogP contribution is 2.24. The molecular weight excluding hydrogens is 238 g/mol. The van der Waals surface area contributed by atoms with Gasteiger partial charge in [0.15, 0.2) is 0 Å². The fraction of sp³-hybridized carbons (Fsp3) is 0.917. The SMILES string of the molecule is CNC(C)(CCCSC1CCOCC1)C(=O)O. The van der Waals surface area contributed by atoms with Gasteiger partial charge in [-0.1, -0.05) is 0 Å². The monoisotopic (exact) mass is 261 g/mol. The number of rotatable bonds is 7. The molecule has 0 aliphatic carbocycles. The normalized spacial score (nSPS) is 21.1. The first-order valence-electron chi connectivity index (χ1n) is 6.20. The number of carboxylic acids is 1. The van der Waals surface area contributed by atoms with Gasteiger partial charge in [-0.25, -0.2) is 0 Å². The second-order valence-electron chi connectivity index (χ2n) is 4.67. The Morgan fingerprint density at radius 2 is 2.18 bits per heavy atom. The van der Waals surface area contributed by atoms with Crippen LogP contribution in [0.25, 0.3) is 0 Å². The lowest BCUT2D eigenvalue weighted by molar-refractivity contribution is -0.144. The third-order valence-electron chi connectivity index (χ3n) is 3.37. The van der Waals surface area contributed by atoms with Gasteiger partial charge in [0.05, 0.1) is 0 Å². The largest absolute Gasteiger partial charge is 0.480 e. The number of nitrogens with one attached hydrogen (secondary N) is 1. The number of hydrogen-bond acceptors (Lipinski definition) is 4. The highest BCUT2D eigenvalue weighted by molar-refractivity contribution is 7.99. The van der Waals surface area contributed by atoms with E-state index in [1.165, 1.54) is 0 Å². The van der Waals surface area contributed by atoms with Crippen molar-refractivity contribution in [3.63, 3.8) is 0 Å². The Morgan fingerprint density at radius 1 is 1.53 bits per heavy atom. The molecule has 17 heavy (non-hydrogen) atoms. The molecule has 0 spiro atoms. The van der Waals surface area contributed by atoms with E-state index >= 15 is 0 Å². The Bertz CT molecular complexity index is 244. The van der Waals surface area contributed by atoms with Crippen molar-refractivity contribution in [2.24, 2.45) is 0 Å². The van der Waals surface area contributed by atoms with Gasteiger partial charge in [0.25, 0.3) is 0 Å². The molecule has 1 heterocycles. The zero-order chi connectivity index (χ0) is 12.7. The maximum absolute atomic E-state index is 11.1. The number of aliphatic carboxylic acids is 1. The van der Waals surface area contributed by atoms with Crippen LogP contribution >= 0.6 is 11.8 Å². The van der Waals surface area contributed by atoms with Gasteiger partial charge in [-0.3, -0.25) is 4.79 Å². The van der Waals surface area contributed by atoms with E-state index in [0.717, 1.165) is 38.2 Å². The van der Waals surface area contributed by atoms with E-state index < -0.39 is 11.5 Å². The van der Waals surface area contributed by atoms with Crippen LogP contribution < -0.4 is 5.32 Å². The van der Waals surface area contributed by atoms with Crippen LogP contribution in [0.4, 0.5) is 0 Å². The summed E-state index contributed by atoms with van der Waals surface area (Å²) >= 11 is 1.96. The minimum absolute atomic E-state index is 0.676. The summed E-state index contributed by atoms with van der Waals surface area (Å²) in [4.78, 5) is 11.1. The Balaban J connectivity index is 2.16. The third-order valence-corrected chi connectivity index (χ3v) is 4.83. The zero-order valence-electron chi connectivity index (χ0n) is 10.7. The van der Waals surface area contributed by atoms with E-state index in [1.807, 2.05) is 11.8 Å². The van der Waals surface area contributed by atoms with Crippen LogP contribution in [0.1, 0.15) is 32.6 Å². The van der Waals surface area contributed by atoms with Gasteiger partial charge in [0, 0.05) is 18.5 Å². The first-order valence-corrected chi connectivity index (χ1v) is 7.25. The lowest BCUT2D eigenvalue weighted by atomic mass is 9.97. The van der Waals surface area contributed by atoms with Gasteiger partial charge in [-0.2, -0.15) is 11.8 Å². The van der Waals surface area contributed by atoms with Crippen LogP contribution in [0, 0.1) is 0 Å². The van der Waals surface area contributed by atoms with Crippen molar-refractivity contribution in [1.29, 1.82) is 0 Å². The molecule has 1 atom stereocenters. The fourth-order valence-corrected chi connectivity index (χ4v) is 3.03. The predicted octanol–water partition coefficient (Wildman–Crippen LogP) is 1.74. The Hall–Kier alpha value is -0.260. The first-order chi connectivity index (χ1) is 8.08. The summed E-state index contributed by atoms with van der Waals surface area (Å²) in [5, 5.41) is 12.7. The zero-order valence-corrected chi connectivity index (χ0v) is 11.5. The third kappa shape index (κ3) is 4.85. The van der Waals surface area contributed by atoms with E-state index in [-0.39, 0.29) is 0 Å². The smallest absolute Gasteiger partial charge is 0.323 e. The first kappa shape index (κ1) is 14.8. The summed E-state index contributed by atoms with van der Waals surface area (Å²) < 4.78 is 5.31. The van der Waals surface area contributed by atoms with Gasteiger partial charge < -0.3 is 15.2 Å². The molecule has 2 N–H and O–H groups in total. The van der Waals surface area contributed by atoms with Crippen LogP contribution in [-0.4, -0.2) is 47.9 Å². The molecule has 0 saturated carbocycles. The van der Waals surface area contributed by atoms with Gasteiger partial charge in [-0.05, 0) is 45.4 Å². The van der Waals surface area contributed by atoms with Crippen LogP contribution in [0.3, 0.4) is 0 Å². The maximum Gasteiger partial charge on any atom is 0.323 e. The van der Waals surface area contributed by atoms with Crippen LogP contribution in [-0.2, 0) is 9.53 Å². The van der Waals surface area contributed by atoms with E-state index in [1.54, 1.807) is 14.0 Å². The number of likely N-dealkylation sites (N-methyl/N-ethyl adjacent to an activating group) is 1. The predicted molar refractivity (Wildman–Crippen MR) is 70.6 cm³/mol. The number of ether oxygens (including phenoxy) is 1.